The van der Waals surface area contributed by atoms with Crippen LogP contribution < -0.4 is 10.6 Å². The molecule has 0 saturated carbocycles. The molecule has 0 fully saturated rings. The molecule has 0 aliphatic heterocycles. The minimum atomic E-state index is -0.345. The minimum Gasteiger partial charge on any atom is -0.324 e. The molecule has 3 aromatic rings. The van der Waals surface area contributed by atoms with Gasteiger partial charge in [0.1, 0.15) is 0 Å². The number of halogens is 2. The van der Waals surface area contributed by atoms with Crippen LogP contribution in [0.25, 0.3) is 0 Å². The molecule has 26 heavy (non-hydrogen) atoms. The highest BCUT2D eigenvalue weighted by Gasteiger charge is 2.10. The fourth-order valence-corrected chi connectivity index (χ4v) is 2.99. The standard InChI is InChI=1S/C19H16Cl2N4O/c1-11-4-3-5-12(2)17(11)25-19-22-9-13(10-23-19)18(26)24-16-7-14(20)6-15(21)8-16/h3-10H,1-2H3,(H,24,26)(H,22,23,25). The molecule has 1 heterocycles. The number of aryl methyl sites for hydroxylation is 2. The fraction of sp³-hybridized carbons (Fsp3) is 0.105. The Morgan fingerprint density at radius 1 is 0.962 bits per heavy atom. The molecule has 7 heteroatoms. The Balaban J connectivity index is 1.73. The van der Waals surface area contributed by atoms with E-state index in [0.29, 0.717) is 27.2 Å². The molecule has 0 spiro atoms. The quantitative estimate of drug-likeness (QED) is 0.629. The number of nitrogens with one attached hydrogen (secondary N) is 2. The Morgan fingerprint density at radius 3 is 2.12 bits per heavy atom. The second-order valence-corrected chi connectivity index (χ2v) is 6.67. The number of aromatic nitrogens is 2. The second kappa shape index (κ2) is 7.72. The van der Waals surface area contributed by atoms with Gasteiger partial charge in [-0.05, 0) is 43.2 Å². The van der Waals surface area contributed by atoms with Crippen molar-refractivity contribution < 1.29 is 4.79 Å². The third-order valence-electron chi connectivity index (χ3n) is 3.75. The van der Waals surface area contributed by atoms with Crippen LogP contribution in [-0.4, -0.2) is 15.9 Å². The summed E-state index contributed by atoms with van der Waals surface area (Å²) < 4.78 is 0. The molecule has 0 bridgehead atoms. The summed E-state index contributed by atoms with van der Waals surface area (Å²) in [6.07, 6.45) is 2.93. The number of carbonyl (C=O) groups is 1. The zero-order valence-corrected chi connectivity index (χ0v) is 15.7. The van der Waals surface area contributed by atoms with Crippen LogP contribution in [0.1, 0.15) is 21.5 Å². The normalized spacial score (nSPS) is 10.5. The number of carbonyl (C=O) groups excluding carboxylic acids is 1. The average Bonchev–Trinajstić information content (AvgIpc) is 2.58. The molecule has 0 aliphatic carbocycles. The Hall–Kier alpha value is -2.63. The van der Waals surface area contributed by atoms with E-state index >= 15 is 0 Å². The summed E-state index contributed by atoms with van der Waals surface area (Å²) in [4.78, 5) is 20.8. The van der Waals surface area contributed by atoms with Gasteiger partial charge in [0.2, 0.25) is 5.95 Å². The van der Waals surface area contributed by atoms with Crippen molar-refractivity contribution in [1.82, 2.24) is 9.97 Å². The molecule has 1 aromatic heterocycles. The van der Waals surface area contributed by atoms with E-state index in [-0.39, 0.29) is 5.91 Å². The molecule has 132 valence electrons. The third-order valence-corrected chi connectivity index (χ3v) is 4.19. The number of amides is 1. The van der Waals surface area contributed by atoms with Gasteiger partial charge in [-0.25, -0.2) is 9.97 Å². The van der Waals surface area contributed by atoms with Crippen molar-refractivity contribution in [3.8, 4) is 0 Å². The summed E-state index contributed by atoms with van der Waals surface area (Å²) in [5.41, 5.74) is 3.97. The molecule has 2 aromatic carbocycles. The number of hydrogen-bond acceptors (Lipinski definition) is 4. The van der Waals surface area contributed by atoms with Crippen LogP contribution in [0.15, 0.2) is 48.8 Å². The highest BCUT2D eigenvalue weighted by Crippen LogP contribution is 2.24. The molecular formula is C19H16Cl2N4O. The van der Waals surface area contributed by atoms with Gasteiger partial charge in [0.05, 0.1) is 5.56 Å². The van der Waals surface area contributed by atoms with Crippen LogP contribution in [-0.2, 0) is 0 Å². The second-order valence-electron chi connectivity index (χ2n) is 5.80. The minimum absolute atomic E-state index is 0.327. The van der Waals surface area contributed by atoms with Crippen molar-refractivity contribution in [3.05, 3.63) is 75.5 Å². The van der Waals surface area contributed by atoms with E-state index in [1.165, 1.54) is 12.4 Å². The fourth-order valence-electron chi connectivity index (χ4n) is 2.46. The first-order valence-corrected chi connectivity index (χ1v) is 8.61. The monoisotopic (exact) mass is 386 g/mol. The molecule has 5 nitrogen and oxygen atoms in total. The smallest absolute Gasteiger partial charge is 0.258 e. The Labute approximate surface area is 161 Å². The third kappa shape index (κ3) is 4.31. The van der Waals surface area contributed by atoms with Crippen LogP contribution in [0.3, 0.4) is 0 Å². The Morgan fingerprint density at radius 2 is 1.54 bits per heavy atom. The van der Waals surface area contributed by atoms with Crippen molar-refractivity contribution in [3.63, 3.8) is 0 Å². The largest absolute Gasteiger partial charge is 0.324 e. The topological polar surface area (TPSA) is 66.9 Å². The number of rotatable bonds is 4. The van der Waals surface area contributed by atoms with Gasteiger partial charge in [-0.15, -0.1) is 0 Å². The van der Waals surface area contributed by atoms with Crippen molar-refractivity contribution in [2.45, 2.75) is 13.8 Å². The number of anilines is 3. The maximum Gasteiger partial charge on any atom is 0.258 e. The number of nitrogens with zero attached hydrogens (tertiary/aromatic N) is 2. The van der Waals surface area contributed by atoms with Crippen molar-refractivity contribution in [2.75, 3.05) is 10.6 Å². The predicted octanol–water partition coefficient (Wildman–Crippen LogP) is 5.40. The van der Waals surface area contributed by atoms with Crippen LogP contribution in [0.4, 0.5) is 17.3 Å². The van der Waals surface area contributed by atoms with Crippen LogP contribution >= 0.6 is 23.2 Å². The summed E-state index contributed by atoms with van der Waals surface area (Å²) >= 11 is 11.9. The highest BCUT2D eigenvalue weighted by atomic mass is 35.5. The zero-order valence-electron chi connectivity index (χ0n) is 14.2. The first-order chi connectivity index (χ1) is 12.4. The summed E-state index contributed by atoms with van der Waals surface area (Å²) in [7, 11) is 0. The van der Waals surface area contributed by atoms with E-state index in [2.05, 4.69) is 20.6 Å². The Bertz CT molecular complexity index is 918. The summed E-state index contributed by atoms with van der Waals surface area (Å²) in [6, 6.07) is 10.8. The summed E-state index contributed by atoms with van der Waals surface area (Å²) in [5.74, 6) is 0.0757. The summed E-state index contributed by atoms with van der Waals surface area (Å²) in [5, 5.41) is 6.79. The van der Waals surface area contributed by atoms with Gasteiger partial charge in [0.15, 0.2) is 0 Å². The van der Waals surface area contributed by atoms with E-state index in [0.717, 1.165) is 16.8 Å². The molecule has 0 saturated heterocycles. The van der Waals surface area contributed by atoms with Gasteiger partial charge in [-0.2, -0.15) is 0 Å². The van der Waals surface area contributed by atoms with Crippen LogP contribution in [0.5, 0.6) is 0 Å². The van der Waals surface area contributed by atoms with E-state index < -0.39 is 0 Å². The zero-order chi connectivity index (χ0) is 18.7. The van der Waals surface area contributed by atoms with Crippen LogP contribution in [0, 0.1) is 13.8 Å². The predicted molar refractivity (Wildman–Crippen MR) is 106 cm³/mol. The molecule has 2 N–H and O–H groups in total. The first-order valence-electron chi connectivity index (χ1n) is 7.85. The molecule has 0 aliphatic rings. The number of benzene rings is 2. The van der Waals surface area contributed by atoms with E-state index in [1.54, 1.807) is 18.2 Å². The van der Waals surface area contributed by atoms with E-state index in [9.17, 15) is 4.79 Å². The highest BCUT2D eigenvalue weighted by molar-refractivity contribution is 6.35. The Kier molecular flexibility index (Phi) is 5.40. The lowest BCUT2D eigenvalue weighted by atomic mass is 10.1. The van der Waals surface area contributed by atoms with E-state index in [1.807, 2.05) is 32.0 Å². The lowest BCUT2D eigenvalue weighted by Gasteiger charge is -2.11. The van der Waals surface area contributed by atoms with Gasteiger partial charge >= 0.3 is 0 Å². The molecule has 0 radical (unpaired) electrons. The van der Waals surface area contributed by atoms with Gasteiger partial charge in [0.25, 0.3) is 5.91 Å². The first kappa shape index (κ1) is 18.2. The SMILES string of the molecule is Cc1cccc(C)c1Nc1ncc(C(=O)Nc2cc(Cl)cc(Cl)c2)cn1. The summed E-state index contributed by atoms with van der Waals surface area (Å²) in [6.45, 7) is 4.01. The maximum atomic E-state index is 12.3. The number of hydrogen-bond donors (Lipinski definition) is 2. The lowest BCUT2D eigenvalue weighted by molar-refractivity contribution is 0.102. The van der Waals surface area contributed by atoms with Crippen molar-refractivity contribution in [1.29, 1.82) is 0 Å². The molecule has 0 atom stereocenters. The van der Waals surface area contributed by atoms with Gasteiger partial charge in [0, 0.05) is 33.8 Å². The average molecular weight is 387 g/mol. The van der Waals surface area contributed by atoms with Crippen molar-refractivity contribution >= 4 is 46.4 Å². The molecule has 1 amide bonds. The maximum absolute atomic E-state index is 12.3. The van der Waals surface area contributed by atoms with Crippen LogP contribution in [0.2, 0.25) is 10.0 Å². The van der Waals surface area contributed by atoms with E-state index in [4.69, 9.17) is 23.2 Å². The van der Waals surface area contributed by atoms with Crippen molar-refractivity contribution in [2.24, 2.45) is 0 Å². The lowest BCUT2D eigenvalue weighted by Crippen LogP contribution is -2.13. The van der Waals surface area contributed by atoms with Gasteiger partial charge in [-0.1, -0.05) is 41.4 Å². The van der Waals surface area contributed by atoms with Gasteiger partial charge < -0.3 is 10.6 Å². The molecule has 0 unspecified atom stereocenters. The number of para-hydroxylation sites is 1. The molecular weight excluding hydrogens is 371 g/mol. The van der Waals surface area contributed by atoms with Gasteiger partial charge in [-0.3, -0.25) is 4.79 Å². The molecule has 3 rings (SSSR count).